The average Bonchev–Trinajstić information content (AvgIpc) is 2.68. The molecule has 1 unspecified atom stereocenters. The Morgan fingerprint density at radius 1 is 1.04 bits per heavy atom. The van der Waals surface area contributed by atoms with Crippen LogP contribution in [0, 0.1) is 12.8 Å². The minimum absolute atomic E-state index is 0.115. The first kappa shape index (κ1) is 20.6. The van der Waals surface area contributed by atoms with Gasteiger partial charge in [-0.1, -0.05) is 65.3 Å². The lowest BCUT2D eigenvalue weighted by Crippen LogP contribution is -2.19. The molecule has 144 valence electrons. The van der Waals surface area contributed by atoms with Gasteiger partial charge in [0, 0.05) is 5.92 Å². The van der Waals surface area contributed by atoms with Gasteiger partial charge in [-0.3, -0.25) is 0 Å². The van der Waals surface area contributed by atoms with Crippen molar-refractivity contribution >= 4 is 11.7 Å². The maximum absolute atomic E-state index is 11.4. The van der Waals surface area contributed by atoms with Crippen molar-refractivity contribution in [2.45, 2.75) is 26.9 Å². The lowest BCUT2D eigenvalue weighted by Gasteiger charge is -2.17. The summed E-state index contributed by atoms with van der Waals surface area (Å²) in [7, 11) is 1.32. The van der Waals surface area contributed by atoms with E-state index in [9.17, 15) is 4.79 Å². The van der Waals surface area contributed by atoms with E-state index in [1.807, 2.05) is 36.4 Å². The summed E-state index contributed by atoms with van der Waals surface area (Å²) < 4.78 is 10.5. The molecule has 2 aromatic rings. The fraction of sp³-hybridized carbons (Fsp3) is 0.364. The molecule has 0 aliphatic carbocycles. The Bertz CT molecular complexity index is 743. The SMILES string of the molecule is COC(=O)/C(C)=N/OCC(COCc1ccccc1)Cc1cccc(C)c1. The smallest absolute Gasteiger partial charge is 0.355 e. The van der Waals surface area contributed by atoms with Crippen molar-refractivity contribution in [3.05, 3.63) is 71.3 Å². The highest BCUT2D eigenvalue weighted by Crippen LogP contribution is 2.13. The number of ether oxygens (including phenoxy) is 2. The van der Waals surface area contributed by atoms with Crippen molar-refractivity contribution in [2.75, 3.05) is 20.3 Å². The van der Waals surface area contributed by atoms with Crippen molar-refractivity contribution in [3.63, 3.8) is 0 Å². The van der Waals surface area contributed by atoms with E-state index in [0.717, 1.165) is 12.0 Å². The van der Waals surface area contributed by atoms with Crippen molar-refractivity contribution < 1.29 is 19.1 Å². The number of oxime groups is 1. The Morgan fingerprint density at radius 2 is 1.78 bits per heavy atom. The summed E-state index contributed by atoms with van der Waals surface area (Å²) in [5, 5.41) is 3.85. The van der Waals surface area contributed by atoms with Gasteiger partial charge in [0.2, 0.25) is 0 Å². The summed E-state index contributed by atoms with van der Waals surface area (Å²) >= 11 is 0. The second-order valence-corrected chi connectivity index (χ2v) is 6.52. The number of rotatable bonds is 10. The maximum atomic E-state index is 11.4. The number of hydrogen-bond acceptors (Lipinski definition) is 5. The van der Waals surface area contributed by atoms with Crippen molar-refractivity contribution in [1.29, 1.82) is 0 Å². The molecule has 0 saturated carbocycles. The van der Waals surface area contributed by atoms with Gasteiger partial charge in [-0.25, -0.2) is 4.79 Å². The Hall–Kier alpha value is -2.66. The fourth-order valence-corrected chi connectivity index (χ4v) is 2.68. The van der Waals surface area contributed by atoms with Crippen LogP contribution in [-0.2, 0) is 32.1 Å². The van der Waals surface area contributed by atoms with Crippen molar-refractivity contribution in [1.82, 2.24) is 0 Å². The number of methoxy groups -OCH3 is 1. The number of nitrogens with zero attached hydrogens (tertiary/aromatic N) is 1. The van der Waals surface area contributed by atoms with E-state index in [2.05, 4.69) is 35.0 Å². The predicted molar refractivity (Wildman–Crippen MR) is 106 cm³/mol. The molecule has 0 fully saturated rings. The second kappa shape index (κ2) is 11.1. The Kier molecular flexibility index (Phi) is 8.52. The molecule has 27 heavy (non-hydrogen) atoms. The quantitative estimate of drug-likeness (QED) is 0.362. The summed E-state index contributed by atoms with van der Waals surface area (Å²) in [6, 6.07) is 18.4. The molecule has 0 N–H and O–H groups in total. The number of esters is 1. The lowest BCUT2D eigenvalue weighted by atomic mass is 9.99. The fourth-order valence-electron chi connectivity index (χ4n) is 2.68. The molecule has 0 aromatic heterocycles. The van der Waals surface area contributed by atoms with Crippen molar-refractivity contribution in [3.8, 4) is 0 Å². The molecule has 0 radical (unpaired) electrons. The van der Waals surface area contributed by atoms with Crippen LogP contribution in [0.5, 0.6) is 0 Å². The molecule has 0 saturated heterocycles. The van der Waals surface area contributed by atoms with Crippen LogP contribution in [0.15, 0.2) is 59.8 Å². The number of carbonyl (C=O) groups is 1. The van der Waals surface area contributed by atoms with Crippen LogP contribution in [0.25, 0.3) is 0 Å². The Balaban J connectivity index is 1.93. The Labute approximate surface area is 160 Å². The van der Waals surface area contributed by atoms with Crippen LogP contribution in [0.2, 0.25) is 0 Å². The number of benzene rings is 2. The molecule has 2 rings (SSSR count). The zero-order valence-electron chi connectivity index (χ0n) is 16.2. The molecular formula is C22H27NO4. The van der Waals surface area contributed by atoms with Gasteiger partial charge in [0.1, 0.15) is 6.61 Å². The van der Waals surface area contributed by atoms with Crippen molar-refractivity contribution in [2.24, 2.45) is 11.1 Å². The molecular weight excluding hydrogens is 342 g/mol. The van der Waals surface area contributed by atoms with Crippen LogP contribution in [0.1, 0.15) is 23.6 Å². The first-order valence-corrected chi connectivity index (χ1v) is 9.00. The summed E-state index contributed by atoms with van der Waals surface area (Å²) in [6.07, 6.45) is 0.809. The van der Waals surface area contributed by atoms with Crippen LogP contribution >= 0.6 is 0 Å². The predicted octanol–water partition coefficient (Wildman–Crippen LogP) is 3.94. The molecule has 0 spiro atoms. The highest BCUT2D eigenvalue weighted by molar-refractivity contribution is 6.35. The third kappa shape index (κ3) is 7.62. The number of carbonyl (C=O) groups excluding carboxylic acids is 1. The number of hydrogen-bond donors (Lipinski definition) is 0. The third-order valence-electron chi connectivity index (χ3n) is 4.06. The zero-order chi connectivity index (χ0) is 19.5. The van der Waals surface area contributed by atoms with Gasteiger partial charge in [0.25, 0.3) is 0 Å². The molecule has 2 aromatic carbocycles. The highest BCUT2D eigenvalue weighted by Gasteiger charge is 2.13. The first-order chi connectivity index (χ1) is 13.1. The van der Waals surface area contributed by atoms with Gasteiger partial charge in [-0.05, 0) is 31.4 Å². The lowest BCUT2D eigenvalue weighted by molar-refractivity contribution is -0.133. The third-order valence-corrected chi connectivity index (χ3v) is 4.06. The molecule has 1 atom stereocenters. The van der Waals surface area contributed by atoms with Gasteiger partial charge < -0.3 is 14.3 Å². The topological polar surface area (TPSA) is 57.1 Å². The van der Waals surface area contributed by atoms with Crippen LogP contribution in [-0.4, -0.2) is 32.0 Å². The van der Waals surface area contributed by atoms with Gasteiger partial charge in [-0.2, -0.15) is 0 Å². The summed E-state index contributed by atoms with van der Waals surface area (Å²) in [6.45, 7) is 5.08. The molecule has 0 aliphatic rings. The summed E-state index contributed by atoms with van der Waals surface area (Å²) in [4.78, 5) is 16.8. The highest BCUT2D eigenvalue weighted by atomic mass is 16.6. The standard InChI is InChI=1S/C22H27NO4/c1-17-8-7-11-20(12-17)13-21(16-27-23-18(2)22(24)25-3)15-26-14-19-9-5-4-6-10-19/h4-12,21H,13-16H2,1-3H3/b23-18+. The van der Waals surface area contributed by atoms with E-state index in [1.165, 1.54) is 18.2 Å². The van der Waals surface area contributed by atoms with Gasteiger partial charge in [0.15, 0.2) is 5.71 Å². The molecule has 0 heterocycles. The van der Waals surface area contributed by atoms with Gasteiger partial charge in [0.05, 0.1) is 20.3 Å². The monoisotopic (exact) mass is 369 g/mol. The zero-order valence-corrected chi connectivity index (χ0v) is 16.2. The molecule has 5 heteroatoms. The van der Waals surface area contributed by atoms with E-state index >= 15 is 0 Å². The average molecular weight is 369 g/mol. The second-order valence-electron chi connectivity index (χ2n) is 6.52. The van der Waals surface area contributed by atoms with E-state index in [4.69, 9.17) is 9.57 Å². The van der Waals surface area contributed by atoms with E-state index in [-0.39, 0.29) is 11.6 Å². The Morgan fingerprint density at radius 3 is 2.48 bits per heavy atom. The molecule has 0 amide bonds. The largest absolute Gasteiger partial charge is 0.464 e. The normalized spacial score (nSPS) is 12.5. The van der Waals surface area contributed by atoms with E-state index in [0.29, 0.717) is 19.8 Å². The van der Waals surface area contributed by atoms with E-state index < -0.39 is 5.97 Å². The number of aryl methyl sites for hydroxylation is 1. The first-order valence-electron chi connectivity index (χ1n) is 9.00. The minimum Gasteiger partial charge on any atom is -0.464 e. The molecule has 0 aliphatic heterocycles. The van der Waals surface area contributed by atoms with Gasteiger partial charge in [-0.15, -0.1) is 0 Å². The van der Waals surface area contributed by atoms with Gasteiger partial charge >= 0.3 is 5.97 Å². The minimum atomic E-state index is -0.495. The summed E-state index contributed by atoms with van der Waals surface area (Å²) in [5.74, 6) is -0.379. The maximum Gasteiger partial charge on any atom is 0.355 e. The molecule has 5 nitrogen and oxygen atoms in total. The van der Waals surface area contributed by atoms with E-state index in [1.54, 1.807) is 6.92 Å². The van der Waals surface area contributed by atoms with Crippen LogP contribution < -0.4 is 0 Å². The molecule has 0 bridgehead atoms. The summed E-state index contributed by atoms with van der Waals surface area (Å²) in [5.41, 5.74) is 3.77. The van der Waals surface area contributed by atoms with Crippen LogP contribution in [0.4, 0.5) is 0 Å². The van der Waals surface area contributed by atoms with Crippen LogP contribution in [0.3, 0.4) is 0 Å².